The predicted molar refractivity (Wildman–Crippen MR) is 74.4 cm³/mol. The van der Waals surface area contributed by atoms with Crippen molar-refractivity contribution in [3.8, 4) is 11.8 Å². The molecule has 1 atom stereocenters. The Bertz CT molecular complexity index is 214. The first-order valence-corrected chi connectivity index (χ1v) is 6.98. The molecular weight excluding hydrogens is 192 g/mol. The second kappa shape index (κ2) is 8.68. The summed E-state index contributed by atoms with van der Waals surface area (Å²) in [7, 11) is 0. The van der Waals surface area contributed by atoms with Crippen LogP contribution in [0.4, 0.5) is 0 Å². The summed E-state index contributed by atoms with van der Waals surface area (Å²) < 4.78 is 0. The van der Waals surface area contributed by atoms with Gasteiger partial charge in [0.05, 0.1) is 0 Å². The second-order valence-corrected chi connectivity index (χ2v) is 5.55. The molecule has 0 aromatic carbocycles. The maximum absolute atomic E-state index is 3.33. The van der Waals surface area contributed by atoms with Crippen LogP contribution in [0.1, 0.15) is 79.6 Å². The van der Waals surface area contributed by atoms with Crippen LogP contribution in [-0.2, 0) is 0 Å². The maximum Gasteiger partial charge on any atom is 0.0283 e. The molecule has 0 aromatic heterocycles. The van der Waals surface area contributed by atoms with Gasteiger partial charge < -0.3 is 0 Å². The largest absolute Gasteiger partial charge is 0.106 e. The fraction of sp³-hybridized carbons (Fsp3) is 0.875. The summed E-state index contributed by atoms with van der Waals surface area (Å²) in [5, 5.41) is 0. The normalized spacial score (nSPS) is 13.1. The monoisotopic (exact) mass is 222 g/mol. The average molecular weight is 222 g/mol. The van der Waals surface area contributed by atoms with Crippen molar-refractivity contribution in [3.63, 3.8) is 0 Å². The minimum absolute atomic E-state index is 0.193. The summed E-state index contributed by atoms with van der Waals surface area (Å²) in [6, 6.07) is 0. The Morgan fingerprint density at radius 1 is 1.00 bits per heavy atom. The van der Waals surface area contributed by atoms with Crippen LogP contribution in [0, 0.1) is 23.2 Å². The quantitative estimate of drug-likeness (QED) is 0.380. The van der Waals surface area contributed by atoms with E-state index in [1.807, 2.05) is 6.92 Å². The lowest BCUT2D eigenvalue weighted by Crippen LogP contribution is -2.19. The zero-order valence-corrected chi connectivity index (χ0v) is 12.0. The minimum atomic E-state index is 0.193. The SMILES string of the molecule is CC#CC(C)(C)C(C)CCCCCCCC. The Kier molecular flexibility index (Phi) is 8.44. The third-order valence-corrected chi connectivity index (χ3v) is 3.67. The van der Waals surface area contributed by atoms with E-state index in [1.54, 1.807) is 0 Å². The van der Waals surface area contributed by atoms with Crippen molar-refractivity contribution in [3.05, 3.63) is 0 Å². The summed E-state index contributed by atoms with van der Waals surface area (Å²) in [5.74, 6) is 7.10. The van der Waals surface area contributed by atoms with Gasteiger partial charge in [-0.15, -0.1) is 5.92 Å². The molecule has 1 unspecified atom stereocenters. The van der Waals surface area contributed by atoms with Crippen LogP contribution >= 0.6 is 0 Å². The van der Waals surface area contributed by atoms with Crippen molar-refractivity contribution >= 4 is 0 Å². The van der Waals surface area contributed by atoms with Crippen molar-refractivity contribution < 1.29 is 0 Å². The summed E-state index contributed by atoms with van der Waals surface area (Å²) in [4.78, 5) is 0. The van der Waals surface area contributed by atoms with Gasteiger partial charge in [-0.3, -0.25) is 0 Å². The summed E-state index contributed by atoms with van der Waals surface area (Å²) in [6.45, 7) is 11.1. The highest BCUT2D eigenvalue weighted by molar-refractivity contribution is 5.08. The lowest BCUT2D eigenvalue weighted by atomic mass is 9.78. The summed E-state index contributed by atoms with van der Waals surface area (Å²) in [5.41, 5.74) is 0.193. The standard InChI is InChI=1S/C16H30/c1-6-8-9-10-11-12-13-15(3)16(4,5)14-7-2/h15H,6,8-13H2,1-5H3. The van der Waals surface area contributed by atoms with Crippen LogP contribution in [0.5, 0.6) is 0 Å². The van der Waals surface area contributed by atoms with E-state index >= 15 is 0 Å². The molecular formula is C16H30. The lowest BCUT2D eigenvalue weighted by Gasteiger charge is -2.26. The van der Waals surface area contributed by atoms with Gasteiger partial charge in [-0.1, -0.05) is 58.3 Å². The third-order valence-electron chi connectivity index (χ3n) is 3.67. The lowest BCUT2D eigenvalue weighted by molar-refractivity contribution is 0.294. The van der Waals surface area contributed by atoms with E-state index in [9.17, 15) is 0 Å². The van der Waals surface area contributed by atoms with Crippen LogP contribution in [-0.4, -0.2) is 0 Å². The van der Waals surface area contributed by atoms with Gasteiger partial charge in [-0.2, -0.15) is 0 Å². The Morgan fingerprint density at radius 3 is 2.12 bits per heavy atom. The van der Waals surface area contributed by atoms with Crippen molar-refractivity contribution in [2.45, 2.75) is 79.6 Å². The number of unbranched alkanes of at least 4 members (excludes halogenated alkanes) is 5. The third kappa shape index (κ3) is 6.94. The van der Waals surface area contributed by atoms with Crippen LogP contribution < -0.4 is 0 Å². The molecule has 0 aromatic rings. The highest BCUT2D eigenvalue weighted by atomic mass is 14.3. The van der Waals surface area contributed by atoms with Crippen molar-refractivity contribution in [1.29, 1.82) is 0 Å². The Balaban J connectivity index is 3.63. The molecule has 0 bridgehead atoms. The molecule has 0 saturated carbocycles. The van der Waals surface area contributed by atoms with Gasteiger partial charge in [0, 0.05) is 5.41 Å². The fourth-order valence-electron chi connectivity index (χ4n) is 2.04. The van der Waals surface area contributed by atoms with Crippen LogP contribution in [0.25, 0.3) is 0 Å². The topological polar surface area (TPSA) is 0 Å². The summed E-state index contributed by atoms with van der Waals surface area (Å²) >= 11 is 0. The number of rotatable bonds is 8. The first-order valence-electron chi connectivity index (χ1n) is 6.98. The molecule has 0 heteroatoms. The van der Waals surface area contributed by atoms with Crippen molar-refractivity contribution in [2.24, 2.45) is 11.3 Å². The Labute approximate surface area is 103 Å². The molecule has 0 amide bonds. The Hall–Kier alpha value is -0.440. The highest BCUT2D eigenvalue weighted by Gasteiger charge is 2.22. The molecule has 0 aliphatic carbocycles. The first kappa shape index (κ1) is 15.6. The molecule has 0 rings (SSSR count). The smallest absolute Gasteiger partial charge is 0.0283 e. The fourth-order valence-corrected chi connectivity index (χ4v) is 2.04. The van der Waals surface area contributed by atoms with Crippen LogP contribution in [0.15, 0.2) is 0 Å². The van der Waals surface area contributed by atoms with Crippen molar-refractivity contribution in [2.75, 3.05) is 0 Å². The van der Waals surface area contributed by atoms with Gasteiger partial charge >= 0.3 is 0 Å². The maximum atomic E-state index is 3.33. The average Bonchev–Trinajstić information content (AvgIpc) is 2.22. The van der Waals surface area contributed by atoms with Crippen LogP contribution in [0.2, 0.25) is 0 Å². The molecule has 0 aliphatic rings. The van der Waals surface area contributed by atoms with E-state index < -0.39 is 0 Å². The van der Waals surface area contributed by atoms with Crippen molar-refractivity contribution in [1.82, 2.24) is 0 Å². The molecule has 0 heterocycles. The van der Waals surface area contributed by atoms with E-state index in [0.29, 0.717) is 5.92 Å². The summed E-state index contributed by atoms with van der Waals surface area (Å²) in [6.07, 6.45) is 9.69. The van der Waals surface area contributed by atoms with Crippen LogP contribution in [0.3, 0.4) is 0 Å². The second-order valence-electron chi connectivity index (χ2n) is 5.55. The van der Waals surface area contributed by atoms with E-state index in [0.717, 1.165) is 0 Å². The molecule has 0 fully saturated rings. The van der Waals surface area contributed by atoms with E-state index in [2.05, 4.69) is 39.5 Å². The molecule has 0 N–H and O–H groups in total. The van der Waals surface area contributed by atoms with Gasteiger partial charge in [-0.25, -0.2) is 0 Å². The van der Waals surface area contributed by atoms with Gasteiger partial charge in [0.2, 0.25) is 0 Å². The first-order chi connectivity index (χ1) is 7.54. The molecule has 16 heavy (non-hydrogen) atoms. The van der Waals surface area contributed by atoms with E-state index in [4.69, 9.17) is 0 Å². The zero-order valence-electron chi connectivity index (χ0n) is 12.0. The van der Waals surface area contributed by atoms with E-state index in [1.165, 1.54) is 44.9 Å². The molecule has 0 nitrogen and oxygen atoms in total. The molecule has 0 aliphatic heterocycles. The predicted octanol–water partition coefficient (Wildman–Crippen LogP) is 5.42. The Morgan fingerprint density at radius 2 is 1.56 bits per heavy atom. The van der Waals surface area contributed by atoms with Gasteiger partial charge in [0.25, 0.3) is 0 Å². The van der Waals surface area contributed by atoms with E-state index in [-0.39, 0.29) is 5.41 Å². The zero-order chi connectivity index (χ0) is 12.4. The minimum Gasteiger partial charge on any atom is -0.106 e. The number of hydrogen-bond donors (Lipinski definition) is 0. The molecule has 0 radical (unpaired) electrons. The van der Waals surface area contributed by atoms with Gasteiger partial charge in [-0.05, 0) is 33.1 Å². The molecule has 0 saturated heterocycles. The number of hydrogen-bond acceptors (Lipinski definition) is 0. The highest BCUT2D eigenvalue weighted by Crippen LogP contribution is 2.29. The molecule has 94 valence electrons. The van der Waals surface area contributed by atoms with Gasteiger partial charge in [0.15, 0.2) is 0 Å². The molecule has 0 spiro atoms. The van der Waals surface area contributed by atoms with Gasteiger partial charge in [0.1, 0.15) is 0 Å².